The molecule has 0 spiro atoms. The summed E-state index contributed by atoms with van der Waals surface area (Å²) in [6, 6.07) is 3.61. The lowest BCUT2D eigenvalue weighted by Gasteiger charge is -2.36. The van der Waals surface area contributed by atoms with Crippen LogP contribution in [-0.2, 0) is 21.3 Å². The van der Waals surface area contributed by atoms with E-state index >= 15 is 0 Å². The van der Waals surface area contributed by atoms with Gasteiger partial charge in [-0.1, -0.05) is 6.92 Å². The largest absolute Gasteiger partial charge is 0.460 e. The van der Waals surface area contributed by atoms with Gasteiger partial charge in [-0.2, -0.15) is 5.10 Å². The van der Waals surface area contributed by atoms with Crippen LogP contribution < -0.4 is 4.90 Å². The number of fused-ring (bicyclic) bond motifs is 1. The van der Waals surface area contributed by atoms with Crippen LogP contribution in [0.15, 0.2) is 28.9 Å². The normalized spacial score (nSPS) is 18.0. The zero-order chi connectivity index (χ0) is 25.1. The standard InChI is InChI=1S/C26H33N3O6/c1-6-19-12-18(9-10-34-19)29(26(31)33-8-3)23-21-13-20(17-14-27-28(5)15-17)16(4)11-22(21)35-24(23)25(30)32-7-2/h11,13-15,18-19H,6-10,12H2,1-5H3. The molecule has 2 unspecified atom stereocenters. The first kappa shape index (κ1) is 24.8. The van der Waals surface area contributed by atoms with Crippen molar-refractivity contribution in [2.45, 2.75) is 59.1 Å². The highest BCUT2D eigenvalue weighted by Crippen LogP contribution is 2.41. The zero-order valence-electron chi connectivity index (χ0n) is 21.0. The van der Waals surface area contributed by atoms with Crippen LogP contribution in [0, 0.1) is 6.92 Å². The van der Waals surface area contributed by atoms with Gasteiger partial charge in [0, 0.05) is 36.8 Å². The van der Waals surface area contributed by atoms with Crippen LogP contribution in [-0.4, -0.2) is 53.8 Å². The van der Waals surface area contributed by atoms with Crippen molar-refractivity contribution >= 4 is 28.7 Å². The van der Waals surface area contributed by atoms with Gasteiger partial charge in [0.1, 0.15) is 11.3 Å². The quantitative estimate of drug-likeness (QED) is 0.424. The summed E-state index contributed by atoms with van der Waals surface area (Å²) in [6.45, 7) is 8.44. The van der Waals surface area contributed by atoms with Crippen molar-refractivity contribution < 1.29 is 28.2 Å². The summed E-state index contributed by atoms with van der Waals surface area (Å²) in [7, 11) is 1.86. The Morgan fingerprint density at radius 2 is 1.97 bits per heavy atom. The Kier molecular flexibility index (Phi) is 7.45. The van der Waals surface area contributed by atoms with E-state index in [1.165, 1.54) is 0 Å². The summed E-state index contributed by atoms with van der Waals surface area (Å²) in [5.74, 6) is -0.620. The highest BCUT2D eigenvalue weighted by Gasteiger charge is 2.37. The van der Waals surface area contributed by atoms with Crippen molar-refractivity contribution in [1.29, 1.82) is 0 Å². The first-order valence-electron chi connectivity index (χ1n) is 12.2. The number of benzene rings is 1. The third-order valence-electron chi connectivity index (χ3n) is 6.35. The molecule has 1 amide bonds. The van der Waals surface area contributed by atoms with Crippen molar-refractivity contribution in [3.05, 3.63) is 35.9 Å². The van der Waals surface area contributed by atoms with Gasteiger partial charge in [0.05, 0.1) is 25.5 Å². The van der Waals surface area contributed by atoms with E-state index in [4.69, 9.17) is 18.6 Å². The third kappa shape index (κ3) is 4.91. The minimum absolute atomic E-state index is 0.00261. The molecule has 1 aliphatic heterocycles. The SMILES string of the molecule is CCOC(=O)c1oc2cc(C)c(-c3cnn(C)c3)cc2c1N(C(=O)OCC)C1CCOC(CC)C1. The number of ether oxygens (including phenoxy) is 3. The van der Waals surface area contributed by atoms with Gasteiger partial charge >= 0.3 is 12.1 Å². The number of hydrogen-bond acceptors (Lipinski definition) is 7. The van der Waals surface area contributed by atoms with Crippen LogP contribution in [0.3, 0.4) is 0 Å². The number of carbonyl (C=O) groups is 2. The van der Waals surface area contributed by atoms with Crippen molar-refractivity contribution in [2.75, 3.05) is 24.7 Å². The highest BCUT2D eigenvalue weighted by molar-refractivity contribution is 6.10. The zero-order valence-corrected chi connectivity index (χ0v) is 21.0. The van der Waals surface area contributed by atoms with Crippen LogP contribution >= 0.6 is 0 Å². The lowest BCUT2D eigenvalue weighted by Crippen LogP contribution is -2.46. The second kappa shape index (κ2) is 10.5. The topological polar surface area (TPSA) is 96.0 Å². The highest BCUT2D eigenvalue weighted by atomic mass is 16.6. The Hall–Kier alpha value is -3.33. The van der Waals surface area contributed by atoms with E-state index in [9.17, 15) is 9.59 Å². The van der Waals surface area contributed by atoms with Crippen molar-refractivity contribution in [3.8, 4) is 11.1 Å². The summed E-state index contributed by atoms with van der Waals surface area (Å²) in [6.07, 6.45) is 5.28. The summed E-state index contributed by atoms with van der Waals surface area (Å²) < 4.78 is 24.5. The van der Waals surface area contributed by atoms with Gasteiger partial charge in [-0.25, -0.2) is 9.59 Å². The average Bonchev–Trinajstić information content (AvgIpc) is 3.43. The van der Waals surface area contributed by atoms with Crippen LogP contribution in [0.5, 0.6) is 0 Å². The molecule has 1 fully saturated rings. The molecule has 35 heavy (non-hydrogen) atoms. The molecule has 0 saturated carbocycles. The molecule has 2 atom stereocenters. The molecule has 188 valence electrons. The van der Waals surface area contributed by atoms with Crippen LogP contribution in [0.2, 0.25) is 0 Å². The van der Waals surface area contributed by atoms with Gasteiger partial charge < -0.3 is 18.6 Å². The summed E-state index contributed by atoms with van der Waals surface area (Å²) in [5.41, 5.74) is 3.70. The van der Waals surface area contributed by atoms with Crippen LogP contribution in [0.1, 0.15) is 56.2 Å². The fourth-order valence-electron chi connectivity index (χ4n) is 4.67. The lowest BCUT2D eigenvalue weighted by atomic mass is 9.97. The van der Waals surface area contributed by atoms with E-state index in [0.717, 1.165) is 23.1 Å². The van der Waals surface area contributed by atoms with E-state index in [2.05, 4.69) is 12.0 Å². The number of aryl methyl sites for hydroxylation is 2. The molecule has 0 aliphatic carbocycles. The number of aromatic nitrogens is 2. The minimum atomic E-state index is -0.618. The van der Waals surface area contributed by atoms with E-state index in [-0.39, 0.29) is 31.1 Å². The van der Waals surface area contributed by atoms with Gasteiger partial charge in [-0.05, 0) is 63.3 Å². The third-order valence-corrected chi connectivity index (χ3v) is 6.35. The van der Waals surface area contributed by atoms with E-state index in [1.807, 2.05) is 32.3 Å². The number of carbonyl (C=O) groups excluding carboxylic acids is 2. The van der Waals surface area contributed by atoms with E-state index < -0.39 is 12.1 Å². The van der Waals surface area contributed by atoms with Crippen LogP contribution in [0.4, 0.5) is 10.5 Å². The maximum atomic E-state index is 13.4. The Bertz CT molecular complexity index is 1210. The van der Waals surface area contributed by atoms with Crippen molar-refractivity contribution in [1.82, 2.24) is 9.78 Å². The summed E-state index contributed by atoms with van der Waals surface area (Å²) in [4.78, 5) is 28.0. The van der Waals surface area contributed by atoms with Gasteiger partial charge in [-0.3, -0.25) is 9.58 Å². The summed E-state index contributed by atoms with van der Waals surface area (Å²) in [5, 5.41) is 4.94. The number of anilines is 1. The maximum absolute atomic E-state index is 13.4. The minimum Gasteiger partial charge on any atom is -0.460 e. The first-order valence-corrected chi connectivity index (χ1v) is 12.2. The number of rotatable bonds is 7. The van der Waals surface area contributed by atoms with Crippen LogP contribution in [0.25, 0.3) is 22.1 Å². The Labute approximate surface area is 204 Å². The molecule has 9 heteroatoms. The van der Waals surface area contributed by atoms with Gasteiger partial charge in [0.25, 0.3) is 0 Å². The summed E-state index contributed by atoms with van der Waals surface area (Å²) >= 11 is 0. The second-order valence-electron chi connectivity index (χ2n) is 8.71. The second-order valence-corrected chi connectivity index (χ2v) is 8.71. The Morgan fingerprint density at radius 3 is 2.63 bits per heavy atom. The monoisotopic (exact) mass is 483 g/mol. The Balaban J connectivity index is 1.94. The number of amides is 1. The molecule has 3 aromatic rings. The molecule has 9 nitrogen and oxygen atoms in total. The molecule has 4 rings (SSSR count). The van der Waals surface area contributed by atoms with Crippen molar-refractivity contribution in [2.24, 2.45) is 7.05 Å². The fraction of sp³-hybridized carbons (Fsp3) is 0.500. The van der Waals surface area contributed by atoms with Crippen molar-refractivity contribution in [3.63, 3.8) is 0 Å². The molecule has 3 heterocycles. The molecular formula is C26H33N3O6. The average molecular weight is 484 g/mol. The number of furan rings is 1. The molecule has 0 radical (unpaired) electrons. The predicted octanol–water partition coefficient (Wildman–Crippen LogP) is 5.24. The first-order chi connectivity index (χ1) is 16.9. The number of nitrogens with zero attached hydrogens (tertiary/aromatic N) is 3. The smallest absolute Gasteiger partial charge is 0.414 e. The maximum Gasteiger partial charge on any atom is 0.414 e. The van der Waals surface area contributed by atoms with Gasteiger partial charge in [0.2, 0.25) is 5.76 Å². The predicted molar refractivity (Wildman–Crippen MR) is 132 cm³/mol. The molecule has 1 aliphatic rings. The molecule has 0 N–H and O–H groups in total. The molecule has 0 bridgehead atoms. The number of hydrogen-bond donors (Lipinski definition) is 0. The van der Waals surface area contributed by atoms with Gasteiger partial charge in [0.15, 0.2) is 0 Å². The molecule has 2 aromatic heterocycles. The Morgan fingerprint density at radius 1 is 1.20 bits per heavy atom. The number of esters is 1. The van der Waals surface area contributed by atoms with E-state index in [0.29, 0.717) is 36.1 Å². The molecule has 1 aromatic carbocycles. The van der Waals surface area contributed by atoms with E-state index in [1.54, 1.807) is 29.6 Å². The lowest BCUT2D eigenvalue weighted by molar-refractivity contribution is 0.00465. The van der Waals surface area contributed by atoms with Gasteiger partial charge in [-0.15, -0.1) is 0 Å². The fourth-order valence-corrected chi connectivity index (χ4v) is 4.67. The molecule has 1 saturated heterocycles. The molecular weight excluding hydrogens is 450 g/mol.